The molecule has 2 bridgehead atoms. The first kappa shape index (κ1) is 22.6. The molecule has 0 amide bonds. The summed E-state index contributed by atoms with van der Waals surface area (Å²) >= 11 is 0. The Hall–Kier alpha value is -2.81. The lowest BCUT2D eigenvalue weighted by atomic mass is 9.63. The molecule has 3 heteroatoms. The highest BCUT2D eigenvalue weighted by Gasteiger charge is 2.42. The van der Waals surface area contributed by atoms with Gasteiger partial charge in [-0.1, -0.05) is 88.1 Å². The molecule has 1 N–H and O–H groups in total. The maximum atomic E-state index is 5.39. The average molecular weight is 466 g/mol. The molecule has 3 atom stereocenters. The largest absolute Gasteiger partial charge is 0.378 e. The number of hydrogen-bond donors (Lipinski definition) is 1. The lowest BCUT2D eigenvalue weighted by molar-refractivity contribution is 0.120. The van der Waals surface area contributed by atoms with Gasteiger partial charge in [-0.2, -0.15) is 0 Å². The maximum absolute atomic E-state index is 5.39. The molecule has 3 aromatic carbocycles. The van der Waals surface area contributed by atoms with Crippen molar-refractivity contribution in [3.63, 3.8) is 0 Å². The van der Waals surface area contributed by atoms with E-state index < -0.39 is 0 Å². The highest BCUT2D eigenvalue weighted by molar-refractivity contribution is 5.98. The number of aromatic nitrogens is 2. The number of hydrogen-bond acceptors (Lipinski definition) is 2. The van der Waals surface area contributed by atoms with E-state index in [1.807, 2.05) is 0 Å². The van der Waals surface area contributed by atoms with E-state index in [4.69, 9.17) is 4.98 Å². The molecule has 182 valence electrons. The number of unbranched alkanes of at least 4 members (excludes halogenated alkanes) is 1. The summed E-state index contributed by atoms with van der Waals surface area (Å²) in [4.78, 5) is 5.39. The van der Waals surface area contributed by atoms with E-state index in [-0.39, 0.29) is 5.54 Å². The summed E-state index contributed by atoms with van der Waals surface area (Å²) in [6.45, 7) is 5.65. The van der Waals surface area contributed by atoms with Crippen molar-refractivity contribution in [1.29, 1.82) is 0 Å². The Morgan fingerprint density at radius 2 is 1.86 bits per heavy atom. The molecule has 4 aromatic rings. The van der Waals surface area contributed by atoms with Gasteiger partial charge in [0.1, 0.15) is 11.3 Å². The Balaban J connectivity index is 1.47. The zero-order valence-corrected chi connectivity index (χ0v) is 21.4. The fourth-order valence-corrected chi connectivity index (χ4v) is 7.16. The molecule has 2 fully saturated rings. The third-order valence-corrected chi connectivity index (χ3v) is 8.82. The van der Waals surface area contributed by atoms with Gasteiger partial charge < -0.3 is 9.88 Å². The minimum absolute atomic E-state index is 0.239. The van der Waals surface area contributed by atoms with Crippen molar-refractivity contribution in [2.75, 3.05) is 5.32 Å². The molecule has 1 aromatic heterocycles. The molecular formula is C32H39N3. The van der Waals surface area contributed by atoms with Crippen LogP contribution >= 0.6 is 0 Å². The highest BCUT2D eigenvalue weighted by atomic mass is 15.1. The Morgan fingerprint density at radius 3 is 2.74 bits per heavy atom. The second-order valence-corrected chi connectivity index (χ2v) is 11.2. The van der Waals surface area contributed by atoms with Gasteiger partial charge in [-0.3, -0.25) is 0 Å². The van der Waals surface area contributed by atoms with E-state index in [0.717, 1.165) is 36.1 Å². The predicted octanol–water partition coefficient (Wildman–Crippen LogP) is 8.82. The van der Waals surface area contributed by atoms with Crippen LogP contribution in [0.2, 0.25) is 0 Å². The first-order valence-corrected chi connectivity index (χ1v) is 14.0. The van der Waals surface area contributed by atoms with Crippen LogP contribution in [0.1, 0.15) is 71.6 Å². The number of aryl methyl sites for hydroxylation is 1. The number of para-hydroxylation sites is 1. The van der Waals surface area contributed by atoms with Crippen LogP contribution in [0.15, 0.2) is 60.7 Å². The molecule has 0 radical (unpaired) electrons. The van der Waals surface area contributed by atoms with Crippen molar-refractivity contribution < 1.29 is 0 Å². The zero-order valence-electron chi connectivity index (χ0n) is 21.4. The van der Waals surface area contributed by atoms with Crippen LogP contribution in [0, 0.1) is 11.8 Å². The van der Waals surface area contributed by atoms with E-state index in [1.165, 1.54) is 78.9 Å². The number of fused-ring (bicyclic) bond motifs is 4. The van der Waals surface area contributed by atoms with Crippen LogP contribution in [0.5, 0.6) is 0 Å². The minimum Gasteiger partial charge on any atom is -0.378 e. The molecule has 2 aliphatic rings. The summed E-state index contributed by atoms with van der Waals surface area (Å²) in [6.07, 6.45) is 11.8. The van der Waals surface area contributed by atoms with Gasteiger partial charge in [-0.25, -0.2) is 4.98 Å². The lowest BCUT2D eigenvalue weighted by Crippen LogP contribution is -2.48. The monoisotopic (exact) mass is 465 g/mol. The Morgan fingerprint density at radius 1 is 1.00 bits per heavy atom. The molecule has 1 heterocycles. The Bertz CT molecular complexity index is 1330. The van der Waals surface area contributed by atoms with Crippen LogP contribution in [0.25, 0.3) is 33.2 Å². The molecule has 3 nitrogen and oxygen atoms in total. The molecule has 0 aliphatic heterocycles. The van der Waals surface area contributed by atoms with E-state index in [9.17, 15) is 0 Å². The Kier molecular flexibility index (Phi) is 6.04. The van der Waals surface area contributed by atoms with Gasteiger partial charge >= 0.3 is 0 Å². The summed E-state index contributed by atoms with van der Waals surface area (Å²) in [5, 5.41) is 6.70. The van der Waals surface area contributed by atoms with E-state index >= 15 is 0 Å². The molecule has 2 saturated carbocycles. The van der Waals surface area contributed by atoms with Gasteiger partial charge in [0.15, 0.2) is 0 Å². The van der Waals surface area contributed by atoms with Gasteiger partial charge in [0.2, 0.25) is 0 Å². The molecule has 6 rings (SSSR count). The van der Waals surface area contributed by atoms with Crippen LogP contribution < -0.4 is 5.32 Å². The quantitative estimate of drug-likeness (QED) is 0.295. The summed E-state index contributed by atoms with van der Waals surface area (Å²) in [5.41, 5.74) is 5.11. The van der Waals surface area contributed by atoms with Crippen LogP contribution in [-0.4, -0.2) is 15.1 Å². The number of benzene rings is 3. The summed E-state index contributed by atoms with van der Waals surface area (Å²) in [7, 11) is 0. The van der Waals surface area contributed by atoms with Gasteiger partial charge in [0.05, 0.1) is 11.2 Å². The number of nitrogens with zero attached hydrogens (tertiary/aromatic N) is 2. The second-order valence-electron chi connectivity index (χ2n) is 11.2. The normalized spacial score (nSPS) is 24.2. The van der Waals surface area contributed by atoms with Crippen molar-refractivity contribution in [3.8, 4) is 11.4 Å². The van der Waals surface area contributed by atoms with Crippen molar-refractivity contribution in [2.45, 2.75) is 83.7 Å². The summed E-state index contributed by atoms with van der Waals surface area (Å²) < 4.78 is 2.48. The number of rotatable bonds is 7. The molecule has 0 spiro atoms. The van der Waals surface area contributed by atoms with Crippen LogP contribution in [0.4, 0.5) is 5.69 Å². The third kappa shape index (κ3) is 4.13. The summed E-state index contributed by atoms with van der Waals surface area (Å²) in [5.74, 6) is 2.85. The molecule has 3 unspecified atom stereocenters. The van der Waals surface area contributed by atoms with Gasteiger partial charge in [0.25, 0.3) is 0 Å². The molecule has 2 aliphatic carbocycles. The van der Waals surface area contributed by atoms with Gasteiger partial charge in [-0.15, -0.1) is 0 Å². The van der Waals surface area contributed by atoms with E-state index in [2.05, 4.69) is 84.4 Å². The second kappa shape index (κ2) is 9.33. The third-order valence-electron chi connectivity index (χ3n) is 8.82. The summed E-state index contributed by atoms with van der Waals surface area (Å²) in [6, 6.07) is 22.1. The molecular weight excluding hydrogens is 426 g/mol. The van der Waals surface area contributed by atoms with Gasteiger partial charge in [0, 0.05) is 17.6 Å². The smallest absolute Gasteiger partial charge is 0.141 e. The van der Waals surface area contributed by atoms with Crippen molar-refractivity contribution in [3.05, 3.63) is 60.7 Å². The minimum atomic E-state index is 0.239. The highest BCUT2D eigenvalue weighted by Crippen LogP contribution is 2.48. The van der Waals surface area contributed by atoms with Crippen molar-refractivity contribution >= 4 is 27.5 Å². The molecule has 0 saturated heterocycles. The van der Waals surface area contributed by atoms with Crippen LogP contribution in [-0.2, 0) is 6.54 Å². The van der Waals surface area contributed by atoms with E-state index in [1.54, 1.807) is 0 Å². The predicted molar refractivity (Wildman–Crippen MR) is 149 cm³/mol. The standard InChI is InChI=1S/C32H39N3/c1-3-5-19-35-29-17-9-16-28(34-32-18-10-11-24(22-32)20-23(4-2)21-32)30(29)33-31(35)27-15-8-13-25-12-6-7-14-26(25)27/h6-9,12-17,23-24,34H,3-5,10-11,18-22H2,1-2H3. The SMILES string of the molecule is CCCCn1c(-c2cccc3ccccc23)nc2c(NC34CCCC(CC(CC)C3)C4)cccc21. The average Bonchev–Trinajstić information content (AvgIpc) is 3.26. The fourth-order valence-electron chi connectivity index (χ4n) is 7.16. The molecule has 35 heavy (non-hydrogen) atoms. The first-order chi connectivity index (χ1) is 17.2. The van der Waals surface area contributed by atoms with Gasteiger partial charge in [-0.05, 0) is 66.8 Å². The number of anilines is 1. The first-order valence-electron chi connectivity index (χ1n) is 14.0. The lowest BCUT2D eigenvalue weighted by Gasteiger charge is -2.49. The van der Waals surface area contributed by atoms with E-state index in [0.29, 0.717) is 0 Å². The number of nitrogens with one attached hydrogen (secondary N) is 1. The topological polar surface area (TPSA) is 29.9 Å². The Labute approximate surface area is 210 Å². The van der Waals surface area contributed by atoms with Crippen LogP contribution in [0.3, 0.4) is 0 Å². The van der Waals surface area contributed by atoms with Crippen molar-refractivity contribution in [2.24, 2.45) is 11.8 Å². The fraction of sp³-hybridized carbons (Fsp3) is 0.469. The zero-order chi connectivity index (χ0) is 23.8. The van der Waals surface area contributed by atoms with Crippen molar-refractivity contribution in [1.82, 2.24) is 9.55 Å². The number of imidazole rings is 1. The maximum Gasteiger partial charge on any atom is 0.141 e.